The highest BCUT2D eigenvalue weighted by Crippen LogP contribution is 2.40. The fraction of sp³-hybridized carbons (Fsp3) is 0.108. The maximum absolute atomic E-state index is 5.19. The minimum Gasteiger partial charge on any atom is -0.361 e. The first kappa shape index (κ1) is 23.4. The number of nitrogens with zero attached hydrogens (tertiary/aromatic N) is 5. The Kier molecular flexibility index (Phi) is 4.80. The van der Waals surface area contributed by atoms with Crippen molar-refractivity contribution in [2.45, 2.75) is 6.42 Å². The first-order valence-corrected chi connectivity index (χ1v) is 14.5. The minimum absolute atomic E-state index is 0.850. The second kappa shape index (κ2) is 8.60. The summed E-state index contributed by atoms with van der Waals surface area (Å²) < 4.78 is 4.65. The molecule has 0 amide bonds. The van der Waals surface area contributed by atoms with Gasteiger partial charge in [0.25, 0.3) is 0 Å². The van der Waals surface area contributed by atoms with Gasteiger partial charge in [-0.1, -0.05) is 60.7 Å². The number of anilines is 1. The molecule has 0 fully saturated rings. The summed E-state index contributed by atoms with van der Waals surface area (Å²) in [6.45, 7) is 0.850. The molecule has 0 spiro atoms. The Balaban J connectivity index is 1.22. The van der Waals surface area contributed by atoms with E-state index in [1.54, 1.807) is 0 Å². The van der Waals surface area contributed by atoms with Gasteiger partial charge in [-0.3, -0.25) is 0 Å². The lowest BCUT2D eigenvalue weighted by Gasteiger charge is -2.19. The maximum Gasteiger partial charge on any atom is 0.140 e. The van der Waals surface area contributed by atoms with Gasteiger partial charge >= 0.3 is 0 Å². The Hall–Kier alpha value is -5.29. The minimum atomic E-state index is 0.850. The highest BCUT2D eigenvalue weighted by Gasteiger charge is 2.22. The summed E-state index contributed by atoms with van der Waals surface area (Å²) in [5, 5.41) is 2.50. The first-order chi connectivity index (χ1) is 20.6. The molecule has 0 N–H and O–H groups in total. The van der Waals surface area contributed by atoms with Gasteiger partial charge in [0.15, 0.2) is 0 Å². The van der Waals surface area contributed by atoms with E-state index in [-0.39, 0.29) is 0 Å². The van der Waals surface area contributed by atoms with Crippen molar-refractivity contribution in [3.05, 3.63) is 127 Å². The first-order valence-electron chi connectivity index (χ1n) is 14.5. The van der Waals surface area contributed by atoms with E-state index in [1.807, 2.05) is 0 Å². The zero-order chi connectivity index (χ0) is 27.9. The van der Waals surface area contributed by atoms with Crippen molar-refractivity contribution in [2.75, 3.05) is 18.6 Å². The van der Waals surface area contributed by atoms with Gasteiger partial charge in [0.2, 0.25) is 0 Å². The van der Waals surface area contributed by atoms with Crippen molar-refractivity contribution in [2.24, 2.45) is 7.05 Å². The van der Waals surface area contributed by atoms with E-state index in [9.17, 15) is 0 Å². The number of para-hydroxylation sites is 1. The third-order valence-corrected chi connectivity index (χ3v) is 9.02. The van der Waals surface area contributed by atoms with Crippen LogP contribution < -0.4 is 4.90 Å². The van der Waals surface area contributed by atoms with Crippen LogP contribution in [0, 0.1) is 0 Å². The van der Waals surface area contributed by atoms with Gasteiger partial charge in [-0.25, -0.2) is 4.98 Å². The second-order valence-corrected chi connectivity index (χ2v) is 11.6. The van der Waals surface area contributed by atoms with Crippen molar-refractivity contribution in [3.8, 4) is 28.2 Å². The summed E-state index contributed by atoms with van der Waals surface area (Å²) in [5.41, 5.74) is 13.5. The number of rotatable bonds is 3. The number of fused-ring (bicyclic) bond motifs is 7. The summed E-state index contributed by atoms with van der Waals surface area (Å²) in [6, 6.07) is 37.7. The van der Waals surface area contributed by atoms with Crippen molar-refractivity contribution < 1.29 is 0 Å². The van der Waals surface area contributed by atoms with E-state index < -0.39 is 0 Å². The van der Waals surface area contributed by atoms with Gasteiger partial charge < -0.3 is 18.9 Å². The molecule has 202 valence electrons. The lowest BCUT2D eigenvalue weighted by atomic mass is 10.1. The van der Waals surface area contributed by atoms with Gasteiger partial charge in [0.05, 0.1) is 28.7 Å². The molecule has 0 bridgehead atoms. The molecule has 1 aliphatic heterocycles. The molecule has 5 heteroatoms. The molecule has 5 aromatic carbocycles. The largest absolute Gasteiger partial charge is 0.361 e. The van der Waals surface area contributed by atoms with Crippen LogP contribution in [0.4, 0.5) is 5.69 Å². The van der Waals surface area contributed by atoms with E-state index in [0.29, 0.717) is 0 Å². The molecule has 0 unspecified atom stereocenters. The van der Waals surface area contributed by atoms with Gasteiger partial charge in [-0.2, -0.15) is 0 Å². The SMILES string of the molecule is CN1C=CN(c2cccc(-n3c4ccccc4c4ccc(-c5nc6cc7c(cc6n5C)-c5ccccc5C7)cc43)c2)C1. The Morgan fingerprint density at radius 2 is 1.45 bits per heavy atom. The van der Waals surface area contributed by atoms with E-state index in [0.717, 1.165) is 41.2 Å². The molecule has 0 saturated heterocycles. The lowest BCUT2D eigenvalue weighted by Crippen LogP contribution is -2.21. The number of aryl methyl sites for hydroxylation is 1. The van der Waals surface area contributed by atoms with Crippen LogP contribution in [-0.2, 0) is 13.5 Å². The van der Waals surface area contributed by atoms with Crippen LogP contribution >= 0.6 is 0 Å². The Morgan fingerprint density at radius 1 is 0.619 bits per heavy atom. The molecule has 3 heterocycles. The molecule has 0 radical (unpaired) electrons. The Bertz CT molecular complexity index is 2250. The van der Waals surface area contributed by atoms with E-state index >= 15 is 0 Å². The molecule has 2 aromatic heterocycles. The number of hydrogen-bond donors (Lipinski definition) is 0. The van der Waals surface area contributed by atoms with Crippen LogP contribution in [0.15, 0.2) is 116 Å². The van der Waals surface area contributed by atoms with Gasteiger partial charge in [-0.05, 0) is 71.1 Å². The van der Waals surface area contributed by atoms with Gasteiger partial charge in [-0.15, -0.1) is 0 Å². The molecule has 0 atom stereocenters. The van der Waals surface area contributed by atoms with Crippen LogP contribution in [-0.4, -0.2) is 32.7 Å². The average Bonchev–Trinajstić information content (AvgIpc) is 3.78. The van der Waals surface area contributed by atoms with E-state index in [1.165, 1.54) is 49.7 Å². The van der Waals surface area contributed by atoms with Crippen LogP contribution in [0.25, 0.3) is 61.0 Å². The van der Waals surface area contributed by atoms with Crippen molar-refractivity contribution in [1.82, 2.24) is 19.0 Å². The number of hydrogen-bond acceptors (Lipinski definition) is 3. The Labute approximate surface area is 244 Å². The monoisotopic (exact) mass is 543 g/mol. The summed E-state index contributed by atoms with van der Waals surface area (Å²) in [7, 11) is 4.24. The molecule has 7 aromatic rings. The molecular weight excluding hydrogens is 514 g/mol. The molecular formula is C37H29N5. The zero-order valence-electron chi connectivity index (χ0n) is 23.6. The van der Waals surface area contributed by atoms with Crippen molar-refractivity contribution >= 4 is 38.5 Å². The lowest BCUT2D eigenvalue weighted by molar-refractivity contribution is 0.496. The second-order valence-electron chi connectivity index (χ2n) is 11.6. The quantitative estimate of drug-likeness (QED) is 0.226. The third kappa shape index (κ3) is 3.34. The maximum atomic E-state index is 5.19. The zero-order valence-corrected chi connectivity index (χ0v) is 23.6. The van der Waals surface area contributed by atoms with Crippen LogP contribution in [0.5, 0.6) is 0 Å². The predicted molar refractivity (Wildman–Crippen MR) is 173 cm³/mol. The van der Waals surface area contributed by atoms with Gasteiger partial charge in [0.1, 0.15) is 5.82 Å². The number of aromatic nitrogens is 3. The summed E-state index contributed by atoms with van der Waals surface area (Å²) >= 11 is 0. The summed E-state index contributed by atoms with van der Waals surface area (Å²) in [5.74, 6) is 0.986. The topological polar surface area (TPSA) is 29.2 Å². The predicted octanol–water partition coefficient (Wildman–Crippen LogP) is 8.09. The van der Waals surface area contributed by atoms with Crippen LogP contribution in [0.1, 0.15) is 11.1 Å². The van der Waals surface area contributed by atoms with Crippen molar-refractivity contribution in [1.29, 1.82) is 0 Å². The number of imidazole rings is 1. The Morgan fingerprint density at radius 3 is 2.36 bits per heavy atom. The fourth-order valence-electron chi connectivity index (χ4n) is 6.97. The van der Waals surface area contributed by atoms with E-state index in [4.69, 9.17) is 4.98 Å². The van der Waals surface area contributed by atoms with Crippen LogP contribution in [0.2, 0.25) is 0 Å². The smallest absolute Gasteiger partial charge is 0.140 e. The molecule has 5 nitrogen and oxygen atoms in total. The summed E-state index contributed by atoms with van der Waals surface area (Å²) in [4.78, 5) is 9.65. The number of benzene rings is 5. The molecule has 0 saturated carbocycles. The standard InChI is InChI=1S/C37H29N5/c1-39-16-17-41(23-39)27-9-7-10-28(21-27)42-34-13-6-5-12-30(34)31-15-14-25(20-35(31)42)37-38-33-19-26-18-24-8-3-4-11-29(24)32(26)22-36(33)40(37)2/h3-17,19-22H,18,23H2,1-2H3. The molecule has 2 aliphatic rings. The summed E-state index contributed by atoms with van der Waals surface area (Å²) in [6.07, 6.45) is 5.23. The molecule has 42 heavy (non-hydrogen) atoms. The third-order valence-electron chi connectivity index (χ3n) is 9.02. The highest BCUT2D eigenvalue weighted by molar-refractivity contribution is 6.10. The molecule has 1 aliphatic carbocycles. The average molecular weight is 544 g/mol. The van der Waals surface area contributed by atoms with Crippen LogP contribution in [0.3, 0.4) is 0 Å². The van der Waals surface area contributed by atoms with Gasteiger partial charge in [0, 0.05) is 54.2 Å². The van der Waals surface area contributed by atoms with E-state index in [2.05, 4.69) is 149 Å². The highest BCUT2D eigenvalue weighted by atomic mass is 15.3. The molecule has 9 rings (SSSR count). The fourth-order valence-corrected chi connectivity index (χ4v) is 6.97. The normalized spacial score (nSPS) is 14.0. The van der Waals surface area contributed by atoms with Crippen molar-refractivity contribution in [3.63, 3.8) is 0 Å².